The summed E-state index contributed by atoms with van der Waals surface area (Å²) in [6.45, 7) is 1.66. The fraction of sp³-hybridized carbons (Fsp3) is 0.375. The van der Waals surface area contributed by atoms with Crippen LogP contribution in [0.15, 0.2) is 12.1 Å². The molecule has 0 aliphatic rings. The minimum absolute atomic E-state index is 0.254. The number of hydrogen-bond donors (Lipinski definition) is 0. The molecule has 2 nitrogen and oxygen atoms in total. The molecule has 1 heterocycles. The summed E-state index contributed by atoms with van der Waals surface area (Å²) >= 11 is 0. The van der Waals surface area contributed by atoms with E-state index in [1.165, 1.54) is 6.07 Å². The topological polar surface area (TPSA) is 16.1 Å². The number of aromatic nitrogens is 1. The fourth-order valence-electron chi connectivity index (χ4n) is 0.780. The molecular formula is C8H11FN2. The average Bonchev–Trinajstić information content (AvgIpc) is 1.94. The number of pyridine rings is 1. The average molecular weight is 154 g/mol. The molecular weight excluding hydrogens is 143 g/mol. The molecule has 0 atom stereocenters. The summed E-state index contributed by atoms with van der Waals surface area (Å²) in [4.78, 5) is 5.86. The van der Waals surface area contributed by atoms with Crippen LogP contribution in [0.5, 0.6) is 0 Å². The monoisotopic (exact) mass is 154 g/mol. The summed E-state index contributed by atoms with van der Waals surface area (Å²) in [7, 11) is 3.75. The Bertz CT molecular complexity index is 258. The van der Waals surface area contributed by atoms with E-state index < -0.39 is 0 Å². The number of nitrogens with zero attached hydrogens (tertiary/aromatic N) is 2. The van der Waals surface area contributed by atoms with Gasteiger partial charge in [0, 0.05) is 14.1 Å². The second kappa shape index (κ2) is 2.86. The van der Waals surface area contributed by atoms with Gasteiger partial charge in [-0.25, -0.2) is 9.37 Å². The first kappa shape index (κ1) is 7.98. The smallest absolute Gasteiger partial charge is 0.144 e. The lowest BCUT2D eigenvalue weighted by atomic mass is 10.3. The van der Waals surface area contributed by atoms with Gasteiger partial charge in [-0.1, -0.05) is 0 Å². The molecule has 0 amide bonds. The molecule has 0 fully saturated rings. The first-order valence-electron chi connectivity index (χ1n) is 3.41. The minimum atomic E-state index is -0.254. The van der Waals surface area contributed by atoms with Gasteiger partial charge in [0.05, 0.1) is 5.69 Å². The molecule has 0 unspecified atom stereocenters. The van der Waals surface area contributed by atoms with Crippen LogP contribution in [0.25, 0.3) is 0 Å². The zero-order valence-electron chi connectivity index (χ0n) is 6.93. The SMILES string of the molecule is Cc1nc(N(C)C)ccc1F. The maximum Gasteiger partial charge on any atom is 0.144 e. The van der Waals surface area contributed by atoms with E-state index in [0.717, 1.165) is 5.82 Å². The van der Waals surface area contributed by atoms with Crippen molar-refractivity contribution in [1.29, 1.82) is 0 Å². The van der Waals surface area contributed by atoms with Crippen molar-refractivity contribution in [3.05, 3.63) is 23.6 Å². The van der Waals surface area contributed by atoms with Gasteiger partial charge in [-0.3, -0.25) is 0 Å². The Kier molecular flexibility index (Phi) is 2.08. The third kappa shape index (κ3) is 1.67. The second-order valence-electron chi connectivity index (χ2n) is 2.63. The van der Waals surface area contributed by atoms with E-state index >= 15 is 0 Å². The van der Waals surface area contributed by atoms with Gasteiger partial charge >= 0.3 is 0 Å². The van der Waals surface area contributed by atoms with E-state index in [4.69, 9.17) is 0 Å². The number of halogens is 1. The lowest BCUT2D eigenvalue weighted by Gasteiger charge is -2.11. The highest BCUT2D eigenvalue weighted by atomic mass is 19.1. The van der Waals surface area contributed by atoms with Crippen LogP contribution in [0, 0.1) is 12.7 Å². The van der Waals surface area contributed by atoms with Crippen LogP contribution in [0.4, 0.5) is 10.2 Å². The van der Waals surface area contributed by atoms with Crippen LogP contribution < -0.4 is 4.90 Å². The first-order valence-corrected chi connectivity index (χ1v) is 3.41. The van der Waals surface area contributed by atoms with Crippen LogP contribution >= 0.6 is 0 Å². The van der Waals surface area contributed by atoms with Gasteiger partial charge in [0.15, 0.2) is 0 Å². The first-order chi connectivity index (χ1) is 5.11. The Labute approximate surface area is 65.7 Å². The molecule has 3 heteroatoms. The molecule has 0 aromatic carbocycles. The Morgan fingerprint density at radius 1 is 1.36 bits per heavy atom. The van der Waals surface area contributed by atoms with E-state index in [0.29, 0.717) is 5.69 Å². The largest absolute Gasteiger partial charge is 0.363 e. The van der Waals surface area contributed by atoms with Crippen molar-refractivity contribution in [2.24, 2.45) is 0 Å². The molecule has 0 radical (unpaired) electrons. The standard InChI is InChI=1S/C8H11FN2/c1-6-7(9)4-5-8(10-6)11(2)3/h4-5H,1-3H3. The molecule has 0 saturated heterocycles. The Hall–Kier alpha value is -1.12. The number of rotatable bonds is 1. The summed E-state index contributed by atoms with van der Waals surface area (Å²) in [6, 6.07) is 3.08. The van der Waals surface area contributed by atoms with E-state index in [1.807, 2.05) is 19.0 Å². The normalized spacial score (nSPS) is 9.82. The van der Waals surface area contributed by atoms with E-state index in [1.54, 1.807) is 13.0 Å². The molecule has 1 aromatic heterocycles. The summed E-state index contributed by atoms with van der Waals surface area (Å²) in [5.74, 6) is 0.527. The molecule has 0 aliphatic heterocycles. The van der Waals surface area contributed by atoms with Gasteiger partial charge in [-0.15, -0.1) is 0 Å². The highest BCUT2D eigenvalue weighted by Crippen LogP contribution is 2.10. The lowest BCUT2D eigenvalue weighted by Crippen LogP contribution is -2.11. The van der Waals surface area contributed by atoms with Crippen molar-refractivity contribution < 1.29 is 4.39 Å². The van der Waals surface area contributed by atoms with Gasteiger partial charge in [-0.05, 0) is 19.1 Å². The van der Waals surface area contributed by atoms with E-state index in [2.05, 4.69) is 4.98 Å². The number of anilines is 1. The molecule has 1 aromatic rings. The van der Waals surface area contributed by atoms with Crippen molar-refractivity contribution >= 4 is 5.82 Å². The maximum absolute atomic E-state index is 12.7. The van der Waals surface area contributed by atoms with Crippen LogP contribution in [-0.2, 0) is 0 Å². The van der Waals surface area contributed by atoms with Gasteiger partial charge < -0.3 is 4.90 Å². The minimum Gasteiger partial charge on any atom is -0.363 e. The zero-order chi connectivity index (χ0) is 8.43. The summed E-state index contributed by atoms with van der Waals surface area (Å²) < 4.78 is 12.7. The van der Waals surface area contributed by atoms with Gasteiger partial charge in [0.1, 0.15) is 11.6 Å². The van der Waals surface area contributed by atoms with Gasteiger partial charge in [0.2, 0.25) is 0 Å². The quantitative estimate of drug-likeness (QED) is 0.610. The third-order valence-corrected chi connectivity index (χ3v) is 1.46. The molecule has 0 spiro atoms. The van der Waals surface area contributed by atoms with Crippen molar-refractivity contribution in [3.63, 3.8) is 0 Å². The number of aryl methyl sites for hydroxylation is 1. The summed E-state index contributed by atoms with van der Waals surface area (Å²) in [5, 5.41) is 0. The number of hydrogen-bond acceptors (Lipinski definition) is 2. The summed E-state index contributed by atoms with van der Waals surface area (Å²) in [5.41, 5.74) is 0.441. The Morgan fingerprint density at radius 2 is 2.00 bits per heavy atom. The second-order valence-corrected chi connectivity index (χ2v) is 2.63. The maximum atomic E-state index is 12.7. The molecule has 60 valence electrons. The van der Waals surface area contributed by atoms with Gasteiger partial charge in [-0.2, -0.15) is 0 Å². The highest BCUT2D eigenvalue weighted by Gasteiger charge is 2.00. The Morgan fingerprint density at radius 3 is 2.45 bits per heavy atom. The molecule has 0 saturated carbocycles. The molecule has 0 bridgehead atoms. The zero-order valence-corrected chi connectivity index (χ0v) is 6.93. The van der Waals surface area contributed by atoms with Crippen molar-refractivity contribution in [1.82, 2.24) is 4.98 Å². The predicted octanol–water partition coefficient (Wildman–Crippen LogP) is 1.60. The third-order valence-electron chi connectivity index (χ3n) is 1.46. The summed E-state index contributed by atoms with van der Waals surface area (Å²) in [6.07, 6.45) is 0. The predicted molar refractivity (Wildman–Crippen MR) is 43.3 cm³/mol. The molecule has 11 heavy (non-hydrogen) atoms. The molecule has 0 aliphatic carbocycles. The molecule has 0 N–H and O–H groups in total. The van der Waals surface area contributed by atoms with E-state index in [-0.39, 0.29) is 5.82 Å². The highest BCUT2D eigenvalue weighted by molar-refractivity contribution is 5.37. The van der Waals surface area contributed by atoms with Crippen molar-refractivity contribution in [2.75, 3.05) is 19.0 Å². The van der Waals surface area contributed by atoms with Gasteiger partial charge in [0.25, 0.3) is 0 Å². The lowest BCUT2D eigenvalue weighted by molar-refractivity contribution is 0.609. The van der Waals surface area contributed by atoms with Crippen LogP contribution in [-0.4, -0.2) is 19.1 Å². The van der Waals surface area contributed by atoms with E-state index in [9.17, 15) is 4.39 Å². The molecule has 1 rings (SSSR count). The van der Waals surface area contributed by atoms with Crippen LogP contribution in [0.3, 0.4) is 0 Å². The van der Waals surface area contributed by atoms with Crippen molar-refractivity contribution in [2.45, 2.75) is 6.92 Å². The fourth-order valence-corrected chi connectivity index (χ4v) is 0.780. The Balaban J connectivity index is 3.05. The van der Waals surface area contributed by atoms with Crippen LogP contribution in [0.2, 0.25) is 0 Å². The van der Waals surface area contributed by atoms with Crippen molar-refractivity contribution in [3.8, 4) is 0 Å². The van der Waals surface area contributed by atoms with Crippen LogP contribution in [0.1, 0.15) is 5.69 Å².